The van der Waals surface area contributed by atoms with Crippen LogP contribution in [0.25, 0.3) is 11.2 Å². The molecule has 3 atom stereocenters. The van der Waals surface area contributed by atoms with E-state index in [4.69, 9.17) is 26.2 Å². The van der Waals surface area contributed by atoms with Crippen LogP contribution in [0.3, 0.4) is 0 Å². The highest BCUT2D eigenvalue weighted by molar-refractivity contribution is 5.80. The van der Waals surface area contributed by atoms with Crippen molar-refractivity contribution >= 4 is 23.3 Å². The summed E-state index contributed by atoms with van der Waals surface area (Å²) in [6.07, 6.45) is -1.84. The molecule has 7 N–H and O–H groups in total. The molecule has 2 heterocycles. The van der Waals surface area contributed by atoms with Crippen molar-refractivity contribution in [3.8, 4) is 0 Å². The molecular formula is C10H14FN5O5. The summed E-state index contributed by atoms with van der Waals surface area (Å²) >= 11 is 0. The van der Waals surface area contributed by atoms with Crippen LogP contribution in [-0.2, 0) is 4.79 Å². The molecule has 0 spiro atoms. The first-order valence-electron chi connectivity index (χ1n) is 5.57. The predicted octanol–water partition coefficient (Wildman–Crippen LogP) is -2.51. The number of hydrogen-bond donors (Lipinski definition) is 6. The third-order valence-corrected chi connectivity index (χ3v) is 2.38. The summed E-state index contributed by atoms with van der Waals surface area (Å²) in [5, 5.41) is 33.6. The fourth-order valence-corrected chi connectivity index (χ4v) is 1.22. The Morgan fingerprint density at radius 3 is 2.62 bits per heavy atom. The lowest BCUT2D eigenvalue weighted by molar-refractivity contribution is -0.195. The molecule has 0 fully saturated rings. The van der Waals surface area contributed by atoms with Crippen LogP contribution >= 0.6 is 0 Å². The second-order valence-corrected chi connectivity index (χ2v) is 3.90. The summed E-state index contributed by atoms with van der Waals surface area (Å²) in [7, 11) is 0. The molecule has 0 aromatic carbocycles. The van der Waals surface area contributed by atoms with Crippen molar-refractivity contribution in [1.82, 2.24) is 19.9 Å². The van der Waals surface area contributed by atoms with Gasteiger partial charge < -0.3 is 31.1 Å². The summed E-state index contributed by atoms with van der Waals surface area (Å²) in [6.45, 7) is -0.943. The lowest BCUT2D eigenvalue weighted by Gasteiger charge is -2.22. The molecule has 0 aliphatic carbocycles. The molecule has 11 heteroatoms. The molecule has 0 aliphatic rings. The fourth-order valence-electron chi connectivity index (χ4n) is 1.22. The number of rotatable bonds is 4. The van der Waals surface area contributed by atoms with Gasteiger partial charge in [-0.05, 0) is 0 Å². The van der Waals surface area contributed by atoms with E-state index in [1.54, 1.807) is 0 Å². The van der Waals surface area contributed by atoms with Crippen LogP contribution in [0.2, 0.25) is 0 Å². The van der Waals surface area contributed by atoms with E-state index >= 15 is 0 Å². The number of carbonyl (C=O) groups is 1. The van der Waals surface area contributed by atoms with Crippen LogP contribution < -0.4 is 5.73 Å². The Kier molecular flexibility index (Phi) is 5.60. The summed E-state index contributed by atoms with van der Waals surface area (Å²) in [5.74, 6) is -3.08. The number of aromatic nitrogens is 4. The van der Waals surface area contributed by atoms with Crippen molar-refractivity contribution in [1.29, 1.82) is 0 Å². The van der Waals surface area contributed by atoms with Gasteiger partial charge in [-0.15, -0.1) is 0 Å². The van der Waals surface area contributed by atoms with Gasteiger partial charge in [0.05, 0.1) is 12.9 Å². The first-order valence-corrected chi connectivity index (χ1v) is 5.57. The Morgan fingerprint density at radius 2 is 2.10 bits per heavy atom. The zero-order valence-electron chi connectivity index (χ0n) is 10.6. The van der Waals surface area contributed by atoms with Gasteiger partial charge in [0.1, 0.15) is 24.1 Å². The maximum Gasteiger partial charge on any atom is 0.291 e. The number of aliphatic hydroxyl groups excluding tert-OH is 3. The lowest BCUT2D eigenvalue weighted by atomic mass is 10.1. The van der Waals surface area contributed by atoms with E-state index in [2.05, 4.69) is 19.9 Å². The van der Waals surface area contributed by atoms with Gasteiger partial charge in [0.15, 0.2) is 17.8 Å². The number of fused-ring (bicyclic) bond motifs is 1. The molecule has 2 rings (SSSR count). The predicted molar refractivity (Wildman–Crippen MR) is 67.3 cm³/mol. The maximum atomic E-state index is 12.3. The fraction of sp³-hybridized carbons (Fsp3) is 0.400. The summed E-state index contributed by atoms with van der Waals surface area (Å²) in [5.41, 5.74) is 6.78. The number of alkyl halides is 1. The third kappa shape index (κ3) is 4.13. The molecule has 0 saturated carbocycles. The molecule has 0 saturated heterocycles. The Morgan fingerprint density at radius 1 is 1.43 bits per heavy atom. The Balaban J connectivity index is 0.000000210. The van der Waals surface area contributed by atoms with E-state index < -0.39 is 31.0 Å². The average molecular weight is 303 g/mol. The molecule has 0 amide bonds. The van der Waals surface area contributed by atoms with Crippen molar-refractivity contribution < 1.29 is 29.6 Å². The number of nitrogen functional groups attached to an aromatic ring is 1. The quantitative estimate of drug-likeness (QED) is 0.333. The van der Waals surface area contributed by atoms with E-state index in [0.717, 1.165) is 0 Å². The smallest absolute Gasteiger partial charge is 0.291 e. The minimum absolute atomic E-state index is 0.433. The average Bonchev–Trinajstić information content (AvgIpc) is 2.96. The first-order chi connectivity index (χ1) is 9.83. The lowest BCUT2D eigenvalue weighted by Crippen LogP contribution is -2.48. The van der Waals surface area contributed by atoms with E-state index in [0.29, 0.717) is 17.0 Å². The number of carbonyl (C=O) groups excluding carboxylic acids is 1. The molecule has 2 aromatic rings. The molecule has 116 valence electrons. The van der Waals surface area contributed by atoms with Crippen LogP contribution in [0, 0.1) is 0 Å². The number of nitrogens with zero attached hydrogens (tertiary/aromatic N) is 3. The number of H-pyrrole nitrogens is 1. The van der Waals surface area contributed by atoms with Gasteiger partial charge >= 0.3 is 0 Å². The van der Waals surface area contributed by atoms with Crippen molar-refractivity contribution in [3.05, 3.63) is 12.7 Å². The normalized spacial score (nSPS) is 16.4. The third-order valence-electron chi connectivity index (χ3n) is 2.38. The number of nitrogens with two attached hydrogens (primary N) is 1. The Labute approximate surface area is 117 Å². The summed E-state index contributed by atoms with van der Waals surface area (Å²) in [6, 6.07) is 0. The highest BCUT2D eigenvalue weighted by atomic mass is 19.2. The van der Waals surface area contributed by atoms with Gasteiger partial charge in [0, 0.05) is 0 Å². The highest BCUT2D eigenvalue weighted by Gasteiger charge is 2.39. The van der Waals surface area contributed by atoms with E-state index in [1.165, 1.54) is 12.7 Å². The van der Waals surface area contributed by atoms with Gasteiger partial charge in [-0.25, -0.2) is 19.3 Å². The number of aldehydes is 1. The van der Waals surface area contributed by atoms with Crippen LogP contribution in [-0.4, -0.2) is 71.3 Å². The van der Waals surface area contributed by atoms with Gasteiger partial charge in [-0.2, -0.15) is 0 Å². The monoisotopic (exact) mass is 303 g/mol. The molecule has 0 bridgehead atoms. The van der Waals surface area contributed by atoms with E-state index in [-0.39, 0.29) is 0 Å². The zero-order chi connectivity index (χ0) is 16.0. The molecular weight excluding hydrogens is 289 g/mol. The Bertz CT molecular complexity index is 592. The maximum absolute atomic E-state index is 12.3. The van der Waals surface area contributed by atoms with Crippen molar-refractivity contribution in [3.63, 3.8) is 0 Å². The second-order valence-electron chi connectivity index (χ2n) is 3.90. The van der Waals surface area contributed by atoms with Crippen LogP contribution in [0.5, 0.6) is 0 Å². The molecule has 0 aliphatic heterocycles. The second kappa shape index (κ2) is 6.99. The molecule has 10 nitrogen and oxygen atoms in total. The number of aromatic amines is 1. The zero-order valence-corrected chi connectivity index (χ0v) is 10.6. The number of anilines is 1. The number of imidazole rings is 1. The SMILES string of the molecule is Nc1ncnc2nc[nH]c12.O=C[C@](O)(F)C(O)C(O)CO. The van der Waals surface area contributed by atoms with Crippen LogP contribution in [0.1, 0.15) is 0 Å². The van der Waals surface area contributed by atoms with Crippen molar-refractivity contribution in [2.24, 2.45) is 0 Å². The first kappa shape index (κ1) is 16.8. The van der Waals surface area contributed by atoms with Crippen molar-refractivity contribution in [2.75, 3.05) is 12.3 Å². The summed E-state index contributed by atoms with van der Waals surface area (Å²) < 4.78 is 12.3. The van der Waals surface area contributed by atoms with E-state index in [9.17, 15) is 9.18 Å². The van der Waals surface area contributed by atoms with Gasteiger partial charge in [0.25, 0.3) is 5.85 Å². The number of nitrogens with one attached hydrogen (secondary N) is 1. The minimum atomic E-state index is -3.51. The standard InChI is InChI=1S/C5H9FO5.C5H5N5/c6-5(11,2-8)4(10)3(9)1-7;6-4-3-5(9-1-7-3)10-2-8-4/h2-4,7,9-11H,1H2;1-2H,(H3,6,7,8,9,10)/t3?,4?,5-;/m1./s1. The Hall–Kier alpha value is -2.21. The minimum Gasteiger partial charge on any atom is -0.394 e. The van der Waals surface area contributed by atoms with Gasteiger partial charge in [-0.1, -0.05) is 0 Å². The van der Waals surface area contributed by atoms with Gasteiger partial charge in [0.2, 0.25) is 0 Å². The summed E-state index contributed by atoms with van der Waals surface area (Å²) in [4.78, 5) is 24.1. The molecule has 2 unspecified atom stereocenters. The van der Waals surface area contributed by atoms with E-state index in [1.807, 2.05) is 0 Å². The highest BCUT2D eigenvalue weighted by Crippen LogP contribution is 2.12. The largest absolute Gasteiger partial charge is 0.394 e. The molecule has 2 aromatic heterocycles. The molecule has 0 radical (unpaired) electrons. The van der Waals surface area contributed by atoms with Crippen LogP contribution in [0.4, 0.5) is 10.2 Å². The number of hydrogen-bond acceptors (Lipinski definition) is 9. The van der Waals surface area contributed by atoms with Gasteiger partial charge in [-0.3, -0.25) is 4.79 Å². The molecule has 21 heavy (non-hydrogen) atoms. The number of halogens is 1. The van der Waals surface area contributed by atoms with Crippen LogP contribution in [0.15, 0.2) is 12.7 Å². The topological polar surface area (TPSA) is 178 Å². The van der Waals surface area contributed by atoms with Crippen molar-refractivity contribution in [2.45, 2.75) is 18.1 Å². The number of aliphatic hydroxyl groups is 4.